The second kappa shape index (κ2) is 9.21. The fourth-order valence-corrected chi connectivity index (χ4v) is 4.89. The smallest absolute Gasteiger partial charge is 0.410 e. The molecule has 9 heteroatoms. The summed E-state index contributed by atoms with van der Waals surface area (Å²) in [5.41, 5.74) is 2.63. The third-order valence-corrected chi connectivity index (χ3v) is 6.60. The molecule has 2 aromatic rings. The molecule has 0 spiro atoms. The summed E-state index contributed by atoms with van der Waals surface area (Å²) in [5, 5.41) is 7.96. The van der Waals surface area contributed by atoms with Gasteiger partial charge in [-0.2, -0.15) is 5.10 Å². The van der Waals surface area contributed by atoms with E-state index in [4.69, 9.17) is 16.3 Å². The first kappa shape index (κ1) is 24.5. The van der Waals surface area contributed by atoms with Gasteiger partial charge in [-0.1, -0.05) is 25.4 Å². The van der Waals surface area contributed by atoms with Crippen LogP contribution in [0.4, 0.5) is 10.6 Å². The molecular formula is C25H34ClN5O3. The summed E-state index contributed by atoms with van der Waals surface area (Å²) in [7, 11) is 0. The molecule has 2 aliphatic heterocycles. The number of likely N-dealkylation sites (tertiary alicyclic amines) is 1. The Morgan fingerprint density at radius 3 is 2.76 bits per heavy atom. The van der Waals surface area contributed by atoms with Crippen LogP contribution in [0.15, 0.2) is 18.5 Å². The predicted octanol–water partition coefficient (Wildman–Crippen LogP) is 5.16. The van der Waals surface area contributed by atoms with Gasteiger partial charge in [0, 0.05) is 49.1 Å². The Morgan fingerprint density at radius 1 is 1.26 bits per heavy atom. The monoisotopic (exact) mass is 487 g/mol. The van der Waals surface area contributed by atoms with E-state index in [1.54, 1.807) is 11.1 Å². The molecule has 1 N–H and O–H groups in total. The number of anilines is 1. The van der Waals surface area contributed by atoms with Crippen molar-refractivity contribution in [3.05, 3.63) is 29.2 Å². The Hall–Kier alpha value is -2.61. The molecule has 2 aliphatic rings. The van der Waals surface area contributed by atoms with Crippen molar-refractivity contribution in [2.45, 2.75) is 72.4 Å². The Morgan fingerprint density at radius 2 is 2.03 bits per heavy atom. The standard InChI is InChI=1S/C25H34ClN5O3/c1-24(2,3)34-23(33)30-9-8-16(14-30)6-7-22(32)29-21-10-17(19(26)13-27-21)18-12-28-31-15-25(4,5)11-20(18)31/h10,12-13,16H,6-9,11,14-15H2,1-5H3,(H,27,29,32)/t16-/m1/s1. The first-order valence-corrected chi connectivity index (χ1v) is 12.3. The maximum atomic E-state index is 12.6. The fourth-order valence-electron chi connectivity index (χ4n) is 4.69. The van der Waals surface area contributed by atoms with Crippen LogP contribution in [0, 0.1) is 11.3 Å². The number of carbonyl (C=O) groups excluding carboxylic acids is 2. The van der Waals surface area contributed by atoms with Crippen LogP contribution in [-0.2, 0) is 22.5 Å². The van der Waals surface area contributed by atoms with E-state index in [1.165, 1.54) is 0 Å². The van der Waals surface area contributed by atoms with E-state index in [0.29, 0.717) is 36.8 Å². The van der Waals surface area contributed by atoms with Gasteiger partial charge in [0.05, 0.1) is 11.2 Å². The number of carbonyl (C=O) groups is 2. The van der Waals surface area contributed by atoms with Gasteiger partial charge in [0.2, 0.25) is 5.91 Å². The van der Waals surface area contributed by atoms with Gasteiger partial charge < -0.3 is 15.0 Å². The zero-order valence-electron chi connectivity index (χ0n) is 20.7. The van der Waals surface area contributed by atoms with E-state index < -0.39 is 5.60 Å². The van der Waals surface area contributed by atoms with Gasteiger partial charge in [0.1, 0.15) is 11.4 Å². The van der Waals surface area contributed by atoms with Crippen molar-refractivity contribution < 1.29 is 14.3 Å². The Balaban J connectivity index is 1.33. The maximum Gasteiger partial charge on any atom is 0.410 e. The first-order chi connectivity index (χ1) is 15.9. The van der Waals surface area contributed by atoms with Crippen molar-refractivity contribution in [3.63, 3.8) is 0 Å². The number of hydrogen-bond donors (Lipinski definition) is 1. The summed E-state index contributed by atoms with van der Waals surface area (Å²) in [6, 6.07) is 1.82. The average Bonchev–Trinajstić information content (AvgIpc) is 3.41. The number of halogens is 1. The quantitative estimate of drug-likeness (QED) is 0.629. The van der Waals surface area contributed by atoms with Crippen LogP contribution in [-0.4, -0.2) is 50.4 Å². The van der Waals surface area contributed by atoms with E-state index in [1.807, 2.05) is 37.7 Å². The molecule has 34 heavy (non-hydrogen) atoms. The largest absolute Gasteiger partial charge is 0.444 e. The summed E-state index contributed by atoms with van der Waals surface area (Å²) in [4.78, 5) is 30.9. The minimum absolute atomic E-state index is 0.0992. The highest BCUT2D eigenvalue weighted by Gasteiger charge is 2.32. The molecular weight excluding hydrogens is 454 g/mol. The zero-order chi connectivity index (χ0) is 24.7. The van der Waals surface area contributed by atoms with Gasteiger partial charge in [0.15, 0.2) is 0 Å². The molecule has 2 amide bonds. The van der Waals surface area contributed by atoms with Gasteiger partial charge in [-0.3, -0.25) is 9.48 Å². The molecule has 2 aromatic heterocycles. The molecule has 0 saturated carbocycles. The average molecular weight is 488 g/mol. The molecule has 1 atom stereocenters. The highest BCUT2D eigenvalue weighted by molar-refractivity contribution is 6.33. The van der Waals surface area contributed by atoms with E-state index >= 15 is 0 Å². The summed E-state index contributed by atoms with van der Waals surface area (Å²) >= 11 is 6.47. The fraction of sp³-hybridized carbons (Fsp3) is 0.600. The number of ether oxygens (including phenoxy) is 1. The highest BCUT2D eigenvalue weighted by atomic mass is 35.5. The van der Waals surface area contributed by atoms with Crippen LogP contribution in [0.1, 0.15) is 59.6 Å². The number of amides is 2. The van der Waals surface area contributed by atoms with Crippen LogP contribution >= 0.6 is 11.6 Å². The molecule has 8 nitrogen and oxygen atoms in total. The molecule has 1 fully saturated rings. The lowest BCUT2D eigenvalue weighted by atomic mass is 9.89. The summed E-state index contributed by atoms with van der Waals surface area (Å²) < 4.78 is 7.48. The number of rotatable bonds is 5. The first-order valence-electron chi connectivity index (χ1n) is 11.9. The van der Waals surface area contributed by atoms with E-state index in [-0.39, 0.29) is 23.3 Å². The van der Waals surface area contributed by atoms with E-state index in [2.05, 4.69) is 29.2 Å². The lowest BCUT2D eigenvalue weighted by Gasteiger charge is -2.24. The van der Waals surface area contributed by atoms with Crippen LogP contribution in [0.3, 0.4) is 0 Å². The Labute approximate surface area is 206 Å². The molecule has 0 radical (unpaired) electrons. The normalized spacial score (nSPS) is 19.2. The number of nitrogens with one attached hydrogen (secondary N) is 1. The molecule has 1 saturated heterocycles. The molecule has 0 bridgehead atoms. The third-order valence-electron chi connectivity index (χ3n) is 6.30. The minimum Gasteiger partial charge on any atom is -0.444 e. The van der Waals surface area contributed by atoms with Crippen LogP contribution in [0.25, 0.3) is 11.1 Å². The van der Waals surface area contributed by atoms with Crippen molar-refractivity contribution in [2.24, 2.45) is 11.3 Å². The number of aromatic nitrogens is 3. The van der Waals surface area contributed by atoms with Crippen molar-refractivity contribution in [2.75, 3.05) is 18.4 Å². The maximum absolute atomic E-state index is 12.6. The molecule has 0 aromatic carbocycles. The number of hydrogen-bond acceptors (Lipinski definition) is 5. The van der Waals surface area contributed by atoms with Gasteiger partial charge in [-0.05, 0) is 57.4 Å². The number of nitrogens with zero attached hydrogens (tertiary/aromatic N) is 4. The lowest BCUT2D eigenvalue weighted by Crippen LogP contribution is -2.35. The van der Waals surface area contributed by atoms with Crippen molar-refractivity contribution in [1.82, 2.24) is 19.7 Å². The molecule has 4 heterocycles. The Bertz CT molecular complexity index is 1090. The van der Waals surface area contributed by atoms with Gasteiger partial charge in [-0.25, -0.2) is 9.78 Å². The molecule has 0 aliphatic carbocycles. The minimum atomic E-state index is -0.507. The summed E-state index contributed by atoms with van der Waals surface area (Å²) in [5.74, 6) is 0.659. The SMILES string of the molecule is CC1(C)Cc2c(-c3cc(NC(=O)CC[C@@H]4CCN(C(=O)OC(C)(C)C)C4)ncc3Cl)cnn2C1. The van der Waals surface area contributed by atoms with Gasteiger partial charge in [0.25, 0.3) is 0 Å². The van der Waals surface area contributed by atoms with Gasteiger partial charge >= 0.3 is 6.09 Å². The third kappa shape index (κ3) is 5.71. The number of pyridine rings is 1. The highest BCUT2D eigenvalue weighted by Crippen LogP contribution is 2.39. The topological polar surface area (TPSA) is 89.3 Å². The second-order valence-electron chi connectivity index (χ2n) is 11.2. The van der Waals surface area contributed by atoms with Crippen molar-refractivity contribution in [3.8, 4) is 11.1 Å². The van der Waals surface area contributed by atoms with Crippen LogP contribution < -0.4 is 5.32 Å². The summed E-state index contributed by atoms with van der Waals surface area (Å²) in [6.07, 6.45) is 6.00. The Kier molecular flexibility index (Phi) is 6.64. The van der Waals surface area contributed by atoms with Crippen molar-refractivity contribution in [1.29, 1.82) is 0 Å². The lowest BCUT2D eigenvalue weighted by molar-refractivity contribution is -0.116. The molecule has 184 valence electrons. The number of fused-ring (bicyclic) bond motifs is 1. The predicted molar refractivity (Wildman–Crippen MR) is 132 cm³/mol. The van der Waals surface area contributed by atoms with E-state index in [9.17, 15) is 9.59 Å². The second-order valence-corrected chi connectivity index (χ2v) is 11.6. The molecule has 0 unspecified atom stereocenters. The van der Waals surface area contributed by atoms with Crippen molar-refractivity contribution >= 4 is 29.4 Å². The summed E-state index contributed by atoms with van der Waals surface area (Å²) in [6.45, 7) is 12.2. The van der Waals surface area contributed by atoms with Crippen LogP contribution in [0.5, 0.6) is 0 Å². The molecule has 4 rings (SSSR count). The zero-order valence-corrected chi connectivity index (χ0v) is 21.4. The van der Waals surface area contributed by atoms with Gasteiger partial charge in [-0.15, -0.1) is 0 Å². The van der Waals surface area contributed by atoms with E-state index in [0.717, 1.165) is 36.2 Å². The van der Waals surface area contributed by atoms with Crippen LogP contribution in [0.2, 0.25) is 5.02 Å².